The Morgan fingerprint density at radius 2 is 2.00 bits per heavy atom. The molecule has 0 aromatic heterocycles. The van der Waals surface area contributed by atoms with E-state index in [9.17, 15) is 26.8 Å². The van der Waals surface area contributed by atoms with E-state index in [0.29, 0.717) is 13.3 Å². The number of hydrogen-bond donors (Lipinski definition) is 0. The summed E-state index contributed by atoms with van der Waals surface area (Å²) in [5.74, 6) is -6.26. The fourth-order valence-electron chi connectivity index (χ4n) is 2.97. The molecule has 3 fully saturated rings. The molecule has 3 heterocycles. The molecule has 3 rings (SSSR count). The average Bonchev–Trinajstić information content (AvgIpc) is 2.98. The fraction of sp³-hybridized carbons (Fsp3) is 0.833. The van der Waals surface area contributed by atoms with E-state index in [4.69, 9.17) is 13.7 Å². The Balaban J connectivity index is 1.52. The van der Waals surface area contributed by atoms with Gasteiger partial charge in [0.15, 0.2) is 5.25 Å². The Labute approximate surface area is 130 Å². The van der Waals surface area contributed by atoms with E-state index in [1.165, 1.54) is 0 Å². The molecule has 5 atom stereocenters. The SMILES string of the molecule is CC(F)(F)C(=O)OCCC(=O)OC1C2CC3OS(=O)(=O)C1C3O2. The lowest BCUT2D eigenvalue weighted by molar-refractivity contribution is -0.171. The molecule has 0 spiro atoms. The third-order valence-electron chi connectivity index (χ3n) is 3.93. The largest absolute Gasteiger partial charge is 0.461 e. The second-order valence-corrected chi connectivity index (χ2v) is 7.42. The highest BCUT2D eigenvalue weighted by atomic mass is 32.2. The number of carbonyl (C=O) groups is 2. The smallest absolute Gasteiger partial charge is 0.376 e. The van der Waals surface area contributed by atoms with Crippen molar-refractivity contribution in [3.63, 3.8) is 0 Å². The number of rotatable bonds is 5. The minimum atomic E-state index is -3.87. The van der Waals surface area contributed by atoms with Gasteiger partial charge in [-0.1, -0.05) is 0 Å². The summed E-state index contributed by atoms with van der Waals surface area (Å²) >= 11 is 0. The molecule has 0 saturated carbocycles. The van der Waals surface area contributed by atoms with Crippen LogP contribution in [0.4, 0.5) is 8.78 Å². The van der Waals surface area contributed by atoms with Crippen molar-refractivity contribution in [1.82, 2.24) is 0 Å². The highest BCUT2D eigenvalue weighted by Crippen LogP contribution is 2.47. The van der Waals surface area contributed by atoms with E-state index in [-0.39, 0.29) is 0 Å². The normalized spacial score (nSPS) is 36.9. The third kappa shape index (κ3) is 2.92. The molecule has 5 unspecified atom stereocenters. The first kappa shape index (κ1) is 16.5. The van der Waals surface area contributed by atoms with Gasteiger partial charge in [0.05, 0.1) is 12.5 Å². The Kier molecular flexibility index (Phi) is 3.84. The molecular formula is C12H14F2O8S. The number of ether oxygens (including phenoxy) is 3. The van der Waals surface area contributed by atoms with E-state index in [1.807, 2.05) is 0 Å². The van der Waals surface area contributed by atoms with Gasteiger partial charge in [0.25, 0.3) is 10.1 Å². The molecule has 3 aliphatic rings. The van der Waals surface area contributed by atoms with Gasteiger partial charge in [0.2, 0.25) is 0 Å². The van der Waals surface area contributed by atoms with Crippen molar-refractivity contribution in [2.75, 3.05) is 6.61 Å². The minimum Gasteiger partial charge on any atom is -0.461 e. The van der Waals surface area contributed by atoms with Crippen molar-refractivity contribution in [2.45, 2.75) is 55.4 Å². The highest BCUT2D eigenvalue weighted by molar-refractivity contribution is 7.87. The lowest BCUT2D eigenvalue weighted by Crippen LogP contribution is -2.43. The molecule has 0 N–H and O–H groups in total. The van der Waals surface area contributed by atoms with E-state index < -0.39 is 70.7 Å². The highest BCUT2D eigenvalue weighted by Gasteiger charge is 2.67. The van der Waals surface area contributed by atoms with E-state index in [1.54, 1.807) is 0 Å². The van der Waals surface area contributed by atoms with Crippen LogP contribution in [0.25, 0.3) is 0 Å². The van der Waals surface area contributed by atoms with E-state index in [0.717, 1.165) is 0 Å². The first-order chi connectivity index (χ1) is 10.6. The van der Waals surface area contributed by atoms with Crippen molar-refractivity contribution < 1.29 is 45.2 Å². The van der Waals surface area contributed by atoms with Crippen molar-refractivity contribution in [1.29, 1.82) is 0 Å². The number of fused-ring (bicyclic) bond motifs is 1. The van der Waals surface area contributed by atoms with Crippen molar-refractivity contribution in [2.24, 2.45) is 0 Å². The Hall–Kier alpha value is -1.33. The lowest BCUT2D eigenvalue weighted by Gasteiger charge is -2.21. The minimum absolute atomic E-state index is 0.301. The lowest BCUT2D eigenvalue weighted by atomic mass is 9.95. The van der Waals surface area contributed by atoms with Crippen LogP contribution < -0.4 is 0 Å². The van der Waals surface area contributed by atoms with Crippen LogP contribution in [0.1, 0.15) is 19.8 Å². The summed E-state index contributed by atoms with van der Waals surface area (Å²) in [7, 11) is -3.87. The second-order valence-electron chi connectivity index (χ2n) is 5.70. The van der Waals surface area contributed by atoms with Crippen LogP contribution in [0.2, 0.25) is 0 Å². The van der Waals surface area contributed by atoms with Crippen LogP contribution in [0.5, 0.6) is 0 Å². The Morgan fingerprint density at radius 1 is 1.30 bits per heavy atom. The monoisotopic (exact) mass is 356 g/mol. The maximum absolute atomic E-state index is 12.6. The summed E-state index contributed by atoms with van der Waals surface area (Å²) in [6.07, 6.45) is -2.93. The van der Waals surface area contributed by atoms with Crippen LogP contribution in [0.15, 0.2) is 0 Å². The third-order valence-corrected chi connectivity index (χ3v) is 5.65. The van der Waals surface area contributed by atoms with Crippen LogP contribution >= 0.6 is 0 Å². The number of alkyl halides is 2. The molecule has 3 aliphatic heterocycles. The summed E-state index contributed by atoms with van der Waals surface area (Å²) < 4.78 is 68.5. The summed E-state index contributed by atoms with van der Waals surface area (Å²) in [4.78, 5) is 22.5. The molecule has 3 saturated heterocycles. The van der Waals surface area contributed by atoms with Gasteiger partial charge in [-0.25, -0.2) is 4.79 Å². The van der Waals surface area contributed by atoms with Crippen LogP contribution in [0.3, 0.4) is 0 Å². The Bertz CT molecular complexity index is 625. The first-order valence-corrected chi connectivity index (χ1v) is 8.39. The zero-order valence-electron chi connectivity index (χ0n) is 11.9. The molecule has 2 bridgehead atoms. The zero-order valence-corrected chi connectivity index (χ0v) is 12.8. The summed E-state index contributed by atoms with van der Waals surface area (Å²) in [6, 6.07) is 0. The van der Waals surface area contributed by atoms with E-state index in [2.05, 4.69) is 4.74 Å². The first-order valence-electron chi connectivity index (χ1n) is 6.92. The number of carbonyl (C=O) groups excluding carboxylic acids is 2. The molecule has 0 radical (unpaired) electrons. The second kappa shape index (κ2) is 5.35. The fourth-order valence-corrected chi connectivity index (χ4v) is 4.76. The Morgan fingerprint density at radius 3 is 2.65 bits per heavy atom. The molecule has 8 nitrogen and oxygen atoms in total. The molecule has 11 heteroatoms. The molecule has 0 amide bonds. The van der Waals surface area contributed by atoms with Gasteiger partial charge in [-0.3, -0.25) is 8.98 Å². The molecule has 130 valence electrons. The number of hydrogen-bond acceptors (Lipinski definition) is 8. The predicted octanol–water partition coefficient (Wildman–Crippen LogP) is -0.245. The van der Waals surface area contributed by atoms with Gasteiger partial charge in [0, 0.05) is 13.3 Å². The molecular weight excluding hydrogens is 342 g/mol. The summed E-state index contributed by atoms with van der Waals surface area (Å²) in [5, 5.41) is -1.07. The van der Waals surface area contributed by atoms with E-state index >= 15 is 0 Å². The van der Waals surface area contributed by atoms with Crippen LogP contribution in [-0.2, 0) is 38.1 Å². The summed E-state index contributed by atoms with van der Waals surface area (Å²) in [5.41, 5.74) is 0. The van der Waals surface area contributed by atoms with Gasteiger partial charge in [-0.2, -0.15) is 17.2 Å². The molecule has 0 aromatic carbocycles. The van der Waals surface area contributed by atoms with Crippen LogP contribution in [-0.4, -0.2) is 62.6 Å². The van der Waals surface area contributed by atoms with Crippen molar-refractivity contribution in [3.05, 3.63) is 0 Å². The maximum atomic E-state index is 12.6. The summed E-state index contributed by atoms with van der Waals surface area (Å²) in [6.45, 7) is -0.207. The topological polar surface area (TPSA) is 105 Å². The van der Waals surface area contributed by atoms with Crippen molar-refractivity contribution >= 4 is 22.1 Å². The van der Waals surface area contributed by atoms with Crippen molar-refractivity contribution in [3.8, 4) is 0 Å². The molecule has 23 heavy (non-hydrogen) atoms. The van der Waals surface area contributed by atoms with Crippen LogP contribution in [0, 0.1) is 0 Å². The number of esters is 2. The van der Waals surface area contributed by atoms with Gasteiger partial charge in [-0.15, -0.1) is 0 Å². The maximum Gasteiger partial charge on any atom is 0.376 e. The average molecular weight is 356 g/mol. The number of halogens is 2. The quantitative estimate of drug-likeness (QED) is 0.491. The van der Waals surface area contributed by atoms with Gasteiger partial charge in [0.1, 0.15) is 24.9 Å². The van der Waals surface area contributed by atoms with Gasteiger partial charge in [-0.05, 0) is 0 Å². The van der Waals surface area contributed by atoms with Gasteiger partial charge < -0.3 is 14.2 Å². The van der Waals surface area contributed by atoms with Gasteiger partial charge >= 0.3 is 17.9 Å². The molecule has 0 aromatic rings. The molecule has 0 aliphatic carbocycles. The predicted molar refractivity (Wildman–Crippen MR) is 66.9 cm³/mol. The zero-order chi connectivity index (χ0) is 17.0. The standard InChI is InChI=1S/C12H14F2O8S/c1-12(13,14)11(16)19-3-2-7(15)21-8-5-4-6-9(20-5)10(8)23(17,18)22-6/h5-6,8-10H,2-4H2,1H3.